The first-order chi connectivity index (χ1) is 13.6. The van der Waals surface area contributed by atoms with Crippen molar-refractivity contribution in [1.82, 2.24) is 5.32 Å². The van der Waals surface area contributed by atoms with Crippen LogP contribution in [0, 0.1) is 11.8 Å². The molecule has 0 saturated carbocycles. The molecule has 2 aromatic carbocycles. The highest BCUT2D eigenvalue weighted by Gasteiger charge is 2.17. The van der Waals surface area contributed by atoms with Crippen molar-refractivity contribution in [2.75, 3.05) is 11.9 Å². The average molecular weight is 418 g/mol. The van der Waals surface area contributed by atoms with Gasteiger partial charge in [0.15, 0.2) is 0 Å². The topological polar surface area (TPSA) is 101 Å². The predicted molar refractivity (Wildman–Crippen MR) is 117 cm³/mol. The van der Waals surface area contributed by atoms with E-state index < -0.39 is 10.0 Å². The number of hydrogen-bond donors (Lipinski definition) is 3. The monoisotopic (exact) mass is 417 g/mol. The second-order valence-corrected chi connectivity index (χ2v) is 9.62. The highest BCUT2D eigenvalue weighted by Crippen LogP contribution is 2.23. The van der Waals surface area contributed by atoms with Crippen LogP contribution in [0.1, 0.15) is 44.9 Å². The van der Waals surface area contributed by atoms with Crippen molar-refractivity contribution in [2.45, 2.75) is 45.1 Å². The summed E-state index contributed by atoms with van der Waals surface area (Å²) in [5, 5.41) is 11.2. The summed E-state index contributed by atoms with van der Waals surface area (Å²) in [5.41, 5.74) is 2.83. The second kappa shape index (κ2) is 10.0. The predicted octanol–water partition coefficient (Wildman–Crippen LogP) is 3.46. The molecule has 4 N–H and O–H groups in total. The van der Waals surface area contributed by atoms with Crippen LogP contribution in [0.2, 0.25) is 0 Å². The first kappa shape index (κ1) is 23.1. The Balaban J connectivity index is 2.01. The number of sulfonamides is 1. The molecule has 6 nitrogen and oxygen atoms in total. The van der Waals surface area contributed by atoms with Crippen molar-refractivity contribution in [3.63, 3.8) is 0 Å². The van der Waals surface area contributed by atoms with Crippen molar-refractivity contribution in [2.24, 2.45) is 17.0 Å². The zero-order chi connectivity index (χ0) is 21.6. The van der Waals surface area contributed by atoms with E-state index in [0.717, 1.165) is 12.0 Å². The van der Waals surface area contributed by atoms with Gasteiger partial charge in [-0.25, -0.2) is 13.6 Å². The number of primary sulfonamides is 1. The molecule has 2 rings (SSSR count). The third-order valence-corrected chi connectivity index (χ3v) is 5.49. The van der Waals surface area contributed by atoms with E-state index in [4.69, 9.17) is 5.14 Å². The molecule has 0 saturated heterocycles. The molecular weight excluding hydrogens is 386 g/mol. The van der Waals surface area contributed by atoms with Gasteiger partial charge in [-0.3, -0.25) is 4.79 Å². The van der Waals surface area contributed by atoms with Crippen LogP contribution in [0.25, 0.3) is 0 Å². The fourth-order valence-corrected chi connectivity index (χ4v) is 3.79. The van der Waals surface area contributed by atoms with Crippen LogP contribution in [0.5, 0.6) is 0 Å². The number of nitrogens with one attached hydrogen (secondary N) is 2. The van der Waals surface area contributed by atoms with Gasteiger partial charge in [-0.2, -0.15) is 0 Å². The van der Waals surface area contributed by atoms with E-state index in [2.05, 4.69) is 62.6 Å². The molecule has 7 heteroatoms. The van der Waals surface area contributed by atoms with Crippen LogP contribution in [0.15, 0.2) is 53.4 Å². The summed E-state index contributed by atoms with van der Waals surface area (Å²) in [7, 11) is -3.81. The molecule has 0 aliphatic heterocycles. The maximum Gasteiger partial charge on any atom is 0.238 e. The minimum atomic E-state index is -3.81. The number of amides is 1. The van der Waals surface area contributed by atoms with Gasteiger partial charge in [-0.05, 0) is 47.6 Å². The number of benzene rings is 2. The van der Waals surface area contributed by atoms with Crippen LogP contribution in [-0.2, 0) is 21.2 Å². The van der Waals surface area contributed by atoms with Crippen molar-refractivity contribution in [1.29, 1.82) is 0 Å². The number of nitrogens with two attached hydrogens (primary N) is 1. The third-order valence-electron chi connectivity index (χ3n) is 4.58. The SMILES string of the molecule is CC(C)Cc1ccc([C@@H](NCC(=O)Nc2cccc(S(N)(=O)=O)c2)C(C)C)cc1. The Morgan fingerprint density at radius 2 is 1.69 bits per heavy atom. The third kappa shape index (κ3) is 7.27. The summed E-state index contributed by atoms with van der Waals surface area (Å²) in [6.07, 6.45) is 1.04. The van der Waals surface area contributed by atoms with E-state index >= 15 is 0 Å². The maximum absolute atomic E-state index is 12.4. The van der Waals surface area contributed by atoms with Gasteiger partial charge in [-0.15, -0.1) is 0 Å². The summed E-state index contributed by atoms with van der Waals surface area (Å²) >= 11 is 0. The molecule has 0 aliphatic carbocycles. The van der Waals surface area contributed by atoms with Gasteiger partial charge in [0.05, 0.1) is 11.4 Å². The summed E-state index contributed by atoms with van der Waals surface area (Å²) in [6.45, 7) is 8.71. The molecule has 0 radical (unpaired) electrons. The molecule has 1 atom stereocenters. The van der Waals surface area contributed by atoms with Gasteiger partial charge in [0.1, 0.15) is 0 Å². The largest absolute Gasteiger partial charge is 0.325 e. The molecule has 158 valence electrons. The molecular formula is C22H31N3O3S. The summed E-state index contributed by atoms with van der Waals surface area (Å²) in [5.74, 6) is 0.652. The average Bonchev–Trinajstić information content (AvgIpc) is 2.62. The molecule has 2 aromatic rings. The summed E-state index contributed by atoms with van der Waals surface area (Å²) < 4.78 is 22.9. The summed E-state index contributed by atoms with van der Waals surface area (Å²) in [4.78, 5) is 12.3. The van der Waals surface area contributed by atoms with E-state index in [-0.39, 0.29) is 23.4 Å². The van der Waals surface area contributed by atoms with Crippen LogP contribution < -0.4 is 15.8 Å². The first-order valence-corrected chi connectivity index (χ1v) is 11.4. The van der Waals surface area contributed by atoms with Crippen molar-refractivity contribution >= 4 is 21.6 Å². The number of hydrogen-bond acceptors (Lipinski definition) is 4. The summed E-state index contributed by atoms with van der Waals surface area (Å²) in [6, 6.07) is 14.5. The normalized spacial score (nSPS) is 12.9. The van der Waals surface area contributed by atoms with Crippen LogP contribution in [0.4, 0.5) is 5.69 Å². The molecule has 0 spiro atoms. The Labute approximate surface area is 173 Å². The number of anilines is 1. The van der Waals surface area contributed by atoms with Crippen LogP contribution in [0.3, 0.4) is 0 Å². The lowest BCUT2D eigenvalue weighted by molar-refractivity contribution is -0.115. The Kier molecular flexibility index (Phi) is 7.96. The lowest BCUT2D eigenvalue weighted by atomic mass is 9.94. The first-order valence-electron chi connectivity index (χ1n) is 9.81. The molecule has 0 bridgehead atoms. The highest BCUT2D eigenvalue weighted by molar-refractivity contribution is 7.89. The second-order valence-electron chi connectivity index (χ2n) is 8.06. The van der Waals surface area contributed by atoms with E-state index in [9.17, 15) is 13.2 Å². The van der Waals surface area contributed by atoms with Crippen molar-refractivity contribution in [3.8, 4) is 0 Å². The standard InChI is InChI=1S/C22H31N3O3S/c1-15(2)12-17-8-10-18(11-9-17)22(16(3)4)24-14-21(26)25-19-6-5-7-20(13-19)29(23,27)28/h5-11,13,15-16,22,24H,12,14H2,1-4H3,(H,25,26)(H2,23,27,28)/t22-/m0/s1. The van der Waals surface area contributed by atoms with E-state index in [0.29, 0.717) is 17.5 Å². The molecule has 29 heavy (non-hydrogen) atoms. The van der Waals surface area contributed by atoms with E-state index in [1.54, 1.807) is 12.1 Å². The van der Waals surface area contributed by atoms with Gasteiger partial charge in [0.2, 0.25) is 15.9 Å². The Hall–Kier alpha value is -2.22. The minimum absolute atomic E-state index is 0.0320. The fraction of sp³-hybridized carbons (Fsp3) is 0.409. The quantitative estimate of drug-likeness (QED) is 0.581. The number of carbonyl (C=O) groups excluding carboxylic acids is 1. The fourth-order valence-electron chi connectivity index (χ4n) is 3.23. The zero-order valence-corrected chi connectivity index (χ0v) is 18.3. The smallest absolute Gasteiger partial charge is 0.238 e. The number of rotatable bonds is 9. The van der Waals surface area contributed by atoms with Gasteiger partial charge in [0.25, 0.3) is 0 Å². The Bertz CT molecular complexity index is 923. The molecule has 0 unspecified atom stereocenters. The molecule has 0 fully saturated rings. The molecule has 0 aromatic heterocycles. The maximum atomic E-state index is 12.4. The van der Waals surface area contributed by atoms with Gasteiger partial charge in [0, 0.05) is 11.7 Å². The van der Waals surface area contributed by atoms with Gasteiger partial charge >= 0.3 is 0 Å². The Morgan fingerprint density at radius 1 is 1.03 bits per heavy atom. The van der Waals surface area contributed by atoms with E-state index in [1.165, 1.54) is 17.7 Å². The molecule has 0 heterocycles. The van der Waals surface area contributed by atoms with Crippen LogP contribution in [-0.4, -0.2) is 20.9 Å². The zero-order valence-electron chi connectivity index (χ0n) is 17.5. The molecule has 0 aliphatic rings. The van der Waals surface area contributed by atoms with Crippen molar-refractivity contribution in [3.05, 3.63) is 59.7 Å². The van der Waals surface area contributed by atoms with Gasteiger partial charge < -0.3 is 10.6 Å². The number of carbonyl (C=O) groups is 1. The minimum Gasteiger partial charge on any atom is -0.325 e. The highest BCUT2D eigenvalue weighted by atomic mass is 32.2. The van der Waals surface area contributed by atoms with Gasteiger partial charge in [-0.1, -0.05) is 58.0 Å². The molecule has 1 amide bonds. The van der Waals surface area contributed by atoms with Crippen LogP contribution >= 0.6 is 0 Å². The Morgan fingerprint density at radius 3 is 2.24 bits per heavy atom. The lowest BCUT2D eigenvalue weighted by Gasteiger charge is -2.23. The van der Waals surface area contributed by atoms with Crippen molar-refractivity contribution < 1.29 is 13.2 Å². The van der Waals surface area contributed by atoms with E-state index in [1.807, 2.05) is 0 Å². The lowest BCUT2D eigenvalue weighted by Crippen LogP contribution is -2.33.